The second-order valence-corrected chi connectivity index (χ2v) is 6.50. The highest BCUT2D eigenvalue weighted by atomic mass is 32.1. The van der Waals surface area contributed by atoms with Crippen LogP contribution in [0.5, 0.6) is 0 Å². The second-order valence-electron chi connectivity index (χ2n) is 5.54. The first-order valence-electron chi connectivity index (χ1n) is 7.69. The summed E-state index contributed by atoms with van der Waals surface area (Å²) in [6.45, 7) is 7.14. The molecule has 0 aliphatic heterocycles. The van der Waals surface area contributed by atoms with E-state index in [-0.39, 0.29) is 6.03 Å². The van der Waals surface area contributed by atoms with Gasteiger partial charge in [0, 0.05) is 19.3 Å². The first-order valence-corrected chi connectivity index (χ1v) is 8.51. The lowest BCUT2D eigenvalue weighted by molar-refractivity contribution is 0.262. The summed E-state index contributed by atoms with van der Waals surface area (Å²) in [7, 11) is 1.98. The number of nitrogens with zero attached hydrogens (tertiary/aromatic N) is 3. The number of aromatic nitrogens is 2. The maximum Gasteiger partial charge on any atom is 0.325 e. The summed E-state index contributed by atoms with van der Waals surface area (Å²) in [6, 6.07) is 5.49. The topological polar surface area (TPSA) is 70.2 Å². The van der Waals surface area contributed by atoms with Crippen LogP contribution in [-0.4, -0.2) is 29.8 Å². The lowest BCUT2D eigenvalue weighted by Crippen LogP contribution is -2.19. The van der Waals surface area contributed by atoms with Gasteiger partial charge in [0.2, 0.25) is 10.3 Å². The predicted octanol–water partition coefficient (Wildman–Crippen LogP) is 4.04. The van der Waals surface area contributed by atoms with Crippen LogP contribution in [-0.2, 0) is 0 Å². The molecule has 23 heavy (non-hydrogen) atoms. The van der Waals surface area contributed by atoms with Gasteiger partial charge in [-0.1, -0.05) is 30.7 Å². The fourth-order valence-corrected chi connectivity index (χ4v) is 2.72. The van der Waals surface area contributed by atoms with Crippen LogP contribution in [0.25, 0.3) is 0 Å². The van der Waals surface area contributed by atoms with Crippen molar-refractivity contribution in [2.24, 2.45) is 0 Å². The molecule has 0 atom stereocenters. The molecule has 0 bridgehead atoms. The number of amides is 2. The maximum absolute atomic E-state index is 12.0. The highest BCUT2D eigenvalue weighted by Crippen LogP contribution is 2.23. The zero-order valence-corrected chi connectivity index (χ0v) is 14.8. The number of aryl methyl sites for hydroxylation is 2. The van der Waals surface area contributed by atoms with Gasteiger partial charge in [-0.3, -0.25) is 5.32 Å². The third-order valence-corrected chi connectivity index (χ3v) is 4.53. The third-order valence-electron chi connectivity index (χ3n) is 3.57. The van der Waals surface area contributed by atoms with Crippen molar-refractivity contribution in [1.82, 2.24) is 10.2 Å². The van der Waals surface area contributed by atoms with Crippen LogP contribution in [0.2, 0.25) is 0 Å². The van der Waals surface area contributed by atoms with Crippen molar-refractivity contribution in [2.45, 2.75) is 33.6 Å². The van der Waals surface area contributed by atoms with E-state index in [2.05, 4.69) is 27.8 Å². The molecule has 0 radical (unpaired) electrons. The van der Waals surface area contributed by atoms with Crippen LogP contribution < -0.4 is 15.5 Å². The van der Waals surface area contributed by atoms with Gasteiger partial charge in [0.1, 0.15) is 0 Å². The first-order chi connectivity index (χ1) is 11.0. The number of urea groups is 1. The first kappa shape index (κ1) is 17.2. The van der Waals surface area contributed by atoms with Crippen molar-refractivity contribution in [2.75, 3.05) is 29.1 Å². The van der Waals surface area contributed by atoms with E-state index in [1.165, 1.54) is 16.9 Å². The molecule has 2 N–H and O–H groups in total. The van der Waals surface area contributed by atoms with E-state index in [9.17, 15) is 4.79 Å². The summed E-state index contributed by atoms with van der Waals surface area (Å²) in [4.78, 5) is 14.1. The van der Waals surface area contributed by atoms with E-state index in [0.717, 1.165) is 35.8 Å². The second kappa shape index (κ2) is 7.92. The molecule has 0 saturated carbocycles. The van der Waals surface area contributed by atoms with E-state index in [4.69, 9.17) is 0 Å². The Morgan fingerprint density at radius 3 is 2.70 bits per heavy atom. The minimum absolute atomic E-state index is 0.313. The number of unbranched alkanes of at least 4 members (excludes halogenated alkanes) is 1. The zero-order valence-electron chi connectivity index (χ0n) is 14.0. The summed E-state index contributed by atoms with van der Waals surface area (Å²) in [5.41, 5.74) is 3.09. The van der Waals surface area contributed by atoms with Gasteiger partial charge in [0.25, 0.3) is 0 Å². The molecular weight excluding hydrogens is 310 g/mol. The van der Waals surface area contributed by atoms with Crippen LogP contribution in [0.4, 0.5) is 20.7 Å². The average molecular weight is 333 g/mol. The van der Waals surface area contributed by atoms with Crippen molar-refractivity contribution < 1.29 is 4.79 Å². The molecule has 2 rings (SSSR count). The molecule has 0 unspecified atom stereocenters. The number of benzene rings is 1. The standard InChI is InChI=1S/C16H23N5OS/c1-5-6-9-21(4)16-20-19-15(23-16)18-14(22)17-13-8-7-11(2)12(3)10-13/h7-8,10H,5-6,9H2,1-4H3,(H2,17,18,19,22). The molecular formula is C16H23N5OS. The van der Waals surface area contributed by atoms with Gasteiger partial charge in [-0.2, -0.15) is 0 Å². The average Bonchev–Trinajstić information content (AvgIpc) is 2.97. The fraction of sp³-hybridized carbons (Fsp3) is 0.438. The van der Waals surface area contributed by atoms with E-state index in [1.54, 1.807) is 0 Å². The lowest BCUT2D eigenvalue weighted by atomic mass is 10.1. The molecule has 7 heteroatoms. The van der Waals surface area contributed by atoms with Gasteiger partial charge < -0.3 is 10.2 Å². The molecule has 1 aromatic heterocycles. The third kappa shape index (κ3) is 4.92. The Balaban J connectivity index is 1.92. The minimum Gasteiger partial charge on any atom is -0.350 e. The van der Waals surface area contributed by atoms with E-state index >= 15 is 0 Å². The molecule has 0 saturated heterocycles. The number of nitrogens with one attached hydrogen (secondary N) is 2. The number of anilines is 3. The Bertz CT molecular complexity index is 670. The van der Waals surface area contributed by atoms with E-state index < -0.39 is 0 Å². The maximum atomic E-state index is 12.0. The molecule has 0 fully saturated rings. The van der Waals surface area contributed by atoms with Crippen LogP contribution >= 0.6 is 11.3 Å². The van der Waals surface area contributed by atoms with Crippen molar-refractivity contribution in [3.05, 3.63) is 29.3 Å². The molecule has 0 aliphatic rings. The van der Waals surface area contributed by atoms with Gasteiger partial charge in [-0.05, 0) is 43.5 Å². The Labute approximate surface area is 140 Å². The Hall–Kier alpha value is -2.15. The number of rotatable bonds is 6. The molecule has 1 heterocycles. The summed E-state index contributed by atoms with van der Waals surface area (Å²) in [5, 5.41) is 14.9. The SMILES string of the molecule is CCCCN(C)c1nnc(NC(=O)Nc2ccc(C)c(C)c2)s1. The molecule has 2 aromatic rings. The predicted molar refractivity (Wildman–Crippen MR) is 96.6 cm³/mol. The molecule has 2 amide bonds. The Morgan fingerprint density at radius 2 is 2.00 bits per heavy atom. The summed E-state index contributed by atoms with van der Waals surface area (Å²) in [5.74, 6) is 0. The quantitative estimate of drug-likeness (QED) is 0.837. The van der Waals surface area contributed by atoms with Crippen LogP contribution in [0.1, 0.15) is 30.9 Å². The number of hydrogen-bond acceptors (Lipinski definition) is 5. The molecule has 1 aromatic carbocycles. The normalized spacial score (nSPS) is 10.4. The van der Waals surface area contributed by atoms with Crippen molar-refractivity contribution in [3.63, 3.8) is 0 Å². The Kier molecular flexibility index (Phi) is 5.92. The Morgan fingerprint density at radius 1 is 1.22 bits per heavy atom. The zero-order chi connectivity index (χ0) is 16.8. The van der Waals surface area contributed by atoms with Gasteiger partial charge in [-0.25, -0.2) is 4.79 Å². The number of carbonyl (C=O) groups excluding carboxylic acids is 1. The highest BCUT2D eigenvalue weighted by molar-refractivity contribution is 7.19. The van der Waals surface area contributed by atoms with Crippen molar-refractivity contribution >= 4 is 33.3 Å². The van der Waals surface area contributed by atoms with Gasteiger partial charge in [-0.15, -0.1) is 10.2 Å². The summed E-state index contributed by atoms with van der Waals surface area (Å²) in [6.07, 6.45) is 2.23. The molecule has 6 nitrogen and oxygen atoms in total. The van der Waals surface area contributed by atoms with Gasteiger partial charge >= 0.3 is 6.03 Å². The fourth-order valence-electron chi connectivity index (χ4n) is 1.99. The lowest BCUT2D eigenvalue weighted by Gasteiger charge is -2.13. The minimum atomic E-state index is -0.313. The van der Waals surface area contributed by atoms with E-state index in [0.29, 0.717) is 5.13 Å². The number of carbonyl (C=O) groups is 1. The molecule has 0 aliphatic carbocycles. The number of hydrogen-bond donors (Lipinski definition) is 2. The largest absolute Gasteiger partial charge is 0.350 e. The molecule has 0 spiro atoms. The van der Waals surface area contributed by atoms with Crippen LogP contribution in [0, 0.1) is 13.8 Å². The van der Waals surface area contributed by atoms with Gasteiger partial charge in [0.05, 0.1) is 0 Å². The summed E-state index contributed by atoms with van der Waals surface area (Å²) >= 11 is 1.37. The smallest absolute Gasteiger partial charge is 0.325 e. The van der Waals surface area contributed by atoms with Gasteiger partial charge in [0.15, 0.2) is 0 Å². The van der Waals surface area contributed by atoms with Crippen molar-refractivity contribution in [3.8, 4) is 0 Å². The monoisotopic (exact) mass is 333 g/mol. The molecule has 124 valence electrons. The van der Waals surface area contributed by atoms with Crippen LogP contribution in [0.15, 0.2) is 18.2 Å². The summed E-state index contributed by atoms with van der Waals surface area (Å²) < 4.78 is 0. The van der Waals surface area contributed by atoms with E-state index in [1.807, 2.05) is 44.0 Å². The highest BCUT2D eigenvalue weighted by Gasteiger charge is 2.11. The van der Waals surface area contributed by atoms with Crippen molar-refractivity contribution in [1.29, 1.82) is 0 Å². The van der Waals surface area contributed by atoms with Crippen LogP contribution in [0.3, 0.4) is 0 Å².